The van der Waals surface area contributed by atoms with Gasteiger partial charge in [-0.05, 0) is 43.4 Å². The highest BCUT2D eigenvalue weighted by atomic mass is 19.4. The standard InChI is InChI=1S/C25H29F4N5O4/c26-21-22(31-14-24(7-9-38-10-8-24)11-19(35)30-12-20(36)37)32-15-33-23(21)34(18-5-6-18)13-16-1-3-17(4-2-16)25(27,28)29/h1-4,15,18H,5-14H2,(H,30,35)(H,36,37)(H,31,32,33). The third-order valence-electron chi connectivity index (χ3n) is 6.82. The lowest BCUT2D eigenvalue weighted by Gasteiger charge is -2.37. The van der Waals surface area contributed by atoms with Crippen molar-refractivity contribution in [3.05, 3.63) is 47.5 Å². The first kappa shape index (κ1) is 27.6. The van der Waals surface area contributed by atoms with Gasteiger partial charge in [-0.25, -0.2) is 9.97 Å². The number of carboxylic acid groups (broad SMARTS) is 1. The van der Waals surface area contributed by atoms with Crippen LogP contribution in [0.2, 0.25) is 0 Å². The number of anilines is 2. The van der Waals surface area contributed by atoms with E-state index in [1.54, 1.807) is 4.90 Å². The molecule has 9 nitrogen and oxygen atoms in total. The van der Waals surface area contributed by atoms with Gasteiger partial charge in [0, 0.05) is 44.2 Å². The summed E-state index contributed by atoms with van der Waals surface area (Å²) in [4.78, 5) is 33.1. The van der Waals surface area contributed by atoms with Crippen LogP contribution in [0.15, 0.2) is 30.6 Å². The van der Waals surface area contributed by atoms with E-state index in [1.165, 1.54) is 18.5 Å². The molecule has 4 rings (SSSR count). The number of carboxylic acids is 1. The second-order valence-electron chi connectivity index (χ2n) is 9.73. The Bertz CT molecular complexity index is 1140. The van der Waals surface area contributed by atoms with Gasteiger partial charge in [-0.15, -0.1) is 0 Å². The fourth-order valence-electron chi connectivity index (χ4n) is 4.51. The zero-order valence-corrected chi connectivity index (χ0v) is 20.6. The molecule has 3 N–H and O–H groups in total. The number of carbonyl (C=O) groups is 2. The van der Waals surface area contributed by atoms with Crippen molar-refractivity contribution in [3.8, 4) is 0 Å². The maximum atomic E-state index is 15.6. The number of ether oxygens (including phenoxy) is 1. The highest BCUT2D eigenvalue weighted by Gasteiger charge is 2.37. The molecule has 2 heterocycles. The lowest BCUT2D eigenvalue weighted by Crippen LogP contribution is -2.42. The Morgan fingerprint density at radius 3 is 2.42 bits per heavy atom. The molecule has 206 valence electrons. The molecule has 1 aliphatic heterocycles. The van der Waals surface area contributed by atoms with Crippen molar-refractivity contribution in [1.29, 1.82) is 0 Å². The summed E-state index contributed by atoms with van der Waals surface area (Å²) in [5.74, 6) is -2.26. The quantitative estimate of drug-likeness (QED) is 0.371. The fourth-order valence-corrected chi connectivity index (χ4v) is 4.51. The smallest absolute Gasteiger partial charge is 0.416 e. The summed E-state index contributed by atoms with van der Waals surface area (Å²) in [6, 6.07) is 4.77. The number of aliphatic carboxylic acids is 1. The topological polar surface area (TPSA) is 117 Å². The molecule has 13 heteroatoms. The van der Waals surface area contributed by atoms with Crippen LogP contribution in [0.4, 0.5) is 29.2 Å². The number of rotatable bonds is 11. The molecular weight excluding hydrogens is 510 g/mol. The SMILES string of the molecule is O=C(O)CNC(=O)CC1(CNc2ncnc(N(Cc3ccc(C(F)(F)F)cc3)C3CC3)c2F)CCOCC1. The number of hydrogen-bond acceptors (Lipinski definition) is 7. The van der Waals surface area contributed by atoms with E-state index in [1.807, 2.05) is 0 Å². The maximum absolute atomic E-state index is 15.6. The van der Waals surface area contributed by atoms with Gasteiger partial charge in [-0.2, -0.15) is 17.6 Å². The molecule has 1 aromatic carbocycles. The molecule has 0 unspecified atom stereocenters. The molecule has 1 amide bonds. The van der Waals surface area contributed by atoms with E-state index in [4.69, 9.17) is 9.84 Å². The second-order valence-corrected chi connectivity index (χ2v) is 9.73. The third-order valence-corrected chi connectivity index (χ3v) is 6.82. The summed E-state index contributed by atoms with van der Waals surface area (Å²) < 4.78 is 59.8. The van der Waals surface area contributed by atoms with E-state index >= 15 is 4.39 Å². The zero-order valence-electron chi connectivity index (χ0n) is 20.6. The van der Waals surface area contributed by atoms with Gasteiger partial charge in [0.25, 0.3) is 0 Å². The molecule has 2 aromatic rings. The molecule has 0 atom stereocenters. The summed E-state index contributed by atoms with van der Waals surface area (Å²) in [6.45, 7) is 0.717. The Hall–Kier alpha value is -3.48. The van der Waals surface area contributed by atoms with Gasteiger partial charge in [0.2, 0.25) is 11.7 Å². The number of aromatic nitrogens is 2. The largest absolute Gasteiger partial charge is 0.480 e. The van der Waals surface area contributed by atoms with Crippen LogP contribution in [0, 0.1) is 11.2 Å². The number of hydrogen-bond donors (Lipinski definition) is 3. The summed E-state index contributed by atoms with van der Waals surface area (Å²) in [5, 5.41) is 14.2. The first-order chi connectivity index (χ1) is 18.1. The Kier molecular flexibility index (Phi) is 8.34. The van der Waals surface area contributed by atoms with E-state index in [0.717, 1.165) is 25.0 Å². The molecule has 2 aliphatic rings. The van der Waals surface area contributed by atoms with Gasteiger partial charge >= 0.3 is 12.1 Å². The van der Waals surface area contributed by atoms with Gasteiger partial charge in [-0.1, -0.05) is 12.1 Å². The zero-order chi connectivity index (χ0) is 27.3. The Morgan fingerprint density at radius 1 is 1.13 bits per heavy atom. The summed E-state index contributed by atoms with van der Waals surface area (Å²) in [5.41, 5.74) is -0.752. The number of benzene rings is 1. The van der Waals surface area contributed by atoms with Crippen LogP contribution in [0.1, 0.15) is 43.2 Å². The van der Waals surface area contributed by atoms with Crippen molar-refractivity contribution >= 4 is 23.5 Å². The first-order valence-electron chi connectivity index (χ1n) is 12.3. The highest BCUT2D eigenvalue weighted by Crippen LogP contribution is 2.37. The molecule has 0 radical (unpaired) electrons. The number of halogens is 4. The van der Waals surface area contributed by atoms with E-state index in [0.29, 0.717) is 31.6 Å². The molecule has 1 aliphatic carbocycles. The van der Waals surface area contributed by atoms with Crippen LogP contribution < -0.4 is 15.5 Å². The lowest BCUT2D eigenvalue weighted by molar-refractivity contribution is -0.138. The van der Waals surface area contributed by atoms with E-state index in [-0.39, 0.29) is 37.2 Å². The average molecular weight is 540 g/mol. The Morgan fingerprint density at radius 2 is 1.82 bits per heavy atom. The minimum Gasteiger partial charge on any atom is -0.480 e. The van der Waals surface area contributed by atoms with Crippen LogP contribution >= 0.6 is 0 Å². The normalized spacial score (nSPS) is 17.1. The Labute approximate surface area is 216 Å². The molecule has 1 saturated carbocycles. The van der Waals surface area contributed by atoms with Gasteiger partial charge < -0.3 is 25.4 Å². The molecule has 1 saturated heterocycles. The molecule has 0 spiro atoms. The number of amides is 1. The molecule has 0 bridgehead atoms. The van der Waals surface area contributed by atoms with Gasteiger partial charge in [0.1, 0.15) is 12.9 Å². The number of nitrogens with zero attached hydrogens (tertiary/aromatic N) is 3. The number of nitrogens with one attached hydrogen (secondary N) is 2. The summed E-state index contributed by atoms with van der Waals surface area (Å²) >= 11 is 0. The predicted octanol–water partition coefficient (Wildman–Crippen LogP) is 3.60. The van der Waals surface area contributed by atoms with Crippen LogP contribution in [-0.2, 0) is 27.0 Å². The van der Waals surface area contributed by atoms with Crippen LogP contribution in [0.5, 0.6) is 0 Å². The fraction of sp³-hybridized carbons (Fsp3) is 0.520. The van der Waals surface area contributed by atoms with Crippen molar-refractivity contribution in [1.82, 2.24) is 15.3 Å². The minimum absolute atomic E-state index is 0.00862. The second kappa shape index (κ2) is 11.5. The van der Waals surface area contributed by atoms with Crippen LogP contribution in [0.25, 0.3) is 0 Å². The predicted molar refractivity (Wildman–Crippen MR) is 129 cm³/mol. The van der Waals surface area contributed by atoms with Crippen molar-refractivity contribution in [2.45, 2.75) is 50.9 Å². The lowest BCUT2D eigenvalue weighted by atomic mass is 9.77. The van der Waals surface area contributed by atoms with Gasteiger partial charge in [0.15, 0.2) is 11.6 Å². The number of carbonyl (C=O) groups excluding carboxylic acids is 1. The maximum Gasteiger partial charge on any atom is 0.416 e. The van der Waals surface area contributed by atoms with E-state index < -0.39 is 41.4 Å². The van der Waals surface area contributed by atoms with Crippen molar-refractivity contribution in [2.24, 2.45) is 5.41 Å². The van der Waals surface area contributed by atoms with Crippen molar-refractivity contribution < 1.29 is 37.0 Å². The van der Waals surface area contributed by atoms with E-state index in [9.17, 15) is 22.8 Å². The summed E-state index contributed by atoms with van der Waals surface area (Å²) in [7, 11) is 0. The van der Waals surface area contributed by atoms with E-state index in [2.05, 4.69) is 20.6 Å². The average Bonchev–Trinajstić information content (AvgIpc) is 3.72. The van der Waals surface area contributed by atoms with Crippen LogP contribution in [-0.4, -0.2) is 59.3 Å². The van der Waals surface area contributed by atoms with Crippen molar-refractivity contribution in [2.75, 3.05) is 36.5 Å². The molecular formula is C25H29F4N5O4. The number of alkyl halides is 3. The first-order valence-corrected chi connectivity index (χ1v) is 12.3. The van der Waals surface area contributed by atoms with Gasteiger partial charge in [-0.3, -0.25) is 9.59 Å². The van der Waals surface area contributed by atoms with Crippen molar-refractivity contribution in [3.63, 3.8) is 0 Å². The van der Waals surface area contributed by atoms with Gasteiger partial charge in [0.05, 0.1) is 5.56 Å². The molecule has 2 fully saturated rings. The monoisotopic (exact) mass is 539 g/mol. The van der Waals surface area contributed by atoms with Crippen LogP contribution in [0.3, 0.4) is 0 Å². The summed E-state index contributed by atoms with van der Waals surface area (Å²) in [6.07, 6.45) is -0.530. The highest BCUT2D eigenvalue weighted by molar-refractivity contribution is 5.81. The molecule has 38 heavy (non-hydrogen) atoms. The third kappa shape index (κ3) is 7.09. The molecule has 1 aromatic heterocycles. The Balaban J connectivity index is 1.48. The minimum atomic E-state index is -4.44.